The van der Waals surface area contributed by atoms with Crippen molar-refractivity contribution < 1.29 is 4.79 Å². The van der Waals surface area contributed by atoms with Crippen molar-refractivity contribution in [2.45, 2.75) is 26.2 Å². The van der Waals surface area contributed by atoms with Crippen molar-refractivity contribution in [3.05, 3.63) is 75.1 Å². The summed E-state index contributed by atoms with van der Waals surface area (Å²) in [6, 6.07) is 13.5. The van der Waals surface area contributed by atoms with E-state index in [0.717, 1.165) is 16.8 Å². The second kappa shape index (κ2) is 8.48. The minimum absolute atomic E-state index is 0.110. The van der Waals surface area contributed by atoms with Crippen LogP contribution in [0.5, 0.6) is 0 Å². The molecule has 0 aliphatic heterocycles. The molecule has 1 heterocycles. The second-order valence-corrected chi connectivity index (χ2v) is 9.06. The fourth-order valence-corrected chi connectivity index (χ4v) is 3.75. The predicted molar refractivity (Wildman–Crippen MR) is 120 cm³/mol. The number of rotatable bonds is 4. The molecule has 3 aromatic rings. The fraction of sp³-hybridized carbons (Fsp3) is 0.182. The molecule has 3 nitrogen and oxygen atoms in total. The highest BCUT2D eigenvalue weighted by atomic mass is 35.5. The molecule has 0 radical (unpaired) electrons. The van der Waals surface area contributed by atoms with Crippen LogP contribution >= 0.6 is 34.5 Å². The molecule has 0 saturated heterocycles. The van der Waals surface area contributed by atoms with E-state index in [4.69, 9.17) is 23.2 Å². The average molecular weight is 431 g/mol. The van der Waals surface area contributed by atoms with Crippen molar-refractivity contribution in [1.82, 2.24) is 4.98 Å². The highest BCUT2D eigenvalue weighted by Crippen LogP contribution is 2.28. The zero-order valence-corrected chi connectivity index (χ0v) is 18.1. The molecule has 6 heteroatoms. The Morgan fingerprint density at radius 3 is 2.46 bits per heavy atom. The number of amides is 1. The van der Waals surface area contributed by atoms with Gasteiger partial charge >= 0.3 is 0 Å². The third-order valence-corrected chi connectivity index (χ3v) is 5.48. The molecule has 0 atom stereocenters. The fourth-order valence-electron chi connectivity index (χ4n) is 2.55. The Hall–Kier alpha value is -2.14. The summed E-state index contributed by atoms with van der Waals surface area (Å²) >= 11 is 13.4. The first kappa shape index (κ1) is 20.6. The van der Waals surface area contributed by atoms with Gasteiger partial charge in [-0.05, 0) is 34.8 Å². The minimum Gasteiger partial charge on any atom is -0.298 e. The van der Waals surface area contributed by atoms with Gasteiger partial charge < -0.3 is 0 Å². The summed E-state index contributed by atoms with van der Waals surface area (Å²) in [5, 5.41) is 6.31. The van der Waals surface area contributed by atoms with Gasteiger partial charge in [0.25, 0.3) is 0 Å². The topological polar surface area (TPSA) is 42.0 Å². The summed E-state index contributed by atoms with van der Waals surface area (Å²) in [5.74, 6) is -0.269. The highest BCUT2D eigenvalue weighted by molar-refractivity contribution is 7.14. The maximum Gasteiger partial charge on any atom is 0.250 e. The smallest absolute Gasteiger partial charge is 0.250 e. The maximum atomic E-state index is 12.2. The van der Waals surface area contributed by atoms with Crippen LogP contribution in [0.25, 0.3) is 17.3 Å². The molecule has 1 N–H and O–H groups in total. The van der Waals surface area contributed by atoms with E-state index in [-0.39, 0.29) is 11.3 Å². The van der Waals surface area contributed by atoms with Crippen molar-refractivity contribution in [3.63, 3.8) is 0 Å². The molecule has 0 unspecified atom stereocenters. The zero-order valence-electron chi connectivity index (χ0n) is 15.8. The third kappa shape index (κ3) is 5.22. The Kier molecular flexibility index (Phi) is 6.23. The van der Waals surface area contributed by atoms with E-state index in [1.54, 1.807) is 24.3 Å². The van der Waals surface area contributed by atoms with E-state index >= 15 is 0 Å². The third-order valence-electron chi connectivity index (χ3n) is 4.16. The van der Waals surface area contributed by atoms with E-state index in [1.807, 2.05) is 5.38 Å². The predicted octanol–water partition coefficient (Wildman–Crippen LogP) is 7.07. The van der Waals surface area contributed by atoms with Gasteiger partial charge in [0.1, 0.15) is 0 Å². The molecule has 0 spiro atoms. The van der Waals surface area contributed by atoms with Gasteiger partial charge in [0.05, 0.1) is 5.69 Å². The molecular weight excluding hydrogens is 411 g/mol. The van der Waals surface area contributed by atoms with Gasteiger partial charge in [0, 0.05) is 27.1 Å². The number of hydrogen-bond acceptors (Lipinski definition) is 3. The van der Waals surface area contributed by atoms with Crippen LogP contribution in [0.3, 0.4) is 0 Å². The first-order chi connectivity index (χ1) is 13.2. The van der Waals surface area contributed by atoms with Crippen LogP contribution in [0, 0.1) is 0 Å². The lowest BCUT2D eigenvalue weighted by Gasteiger charge is -2.18. The molecule has 0 aliphatic rings. The Labute approximate surface area is 179 Å². The van der Waals surface area contributed by atoms with Gasteiger partial charge in [-0.1, -0.05) is 74.3 Å². The first-order valence-corrected chi connectivity index (χ1v) is 10.4. The lowest BCUT2D eigenvalue weighted by molar-refractivity contribution is -0.111. The molecule has 0 fully saturated rings. The van der Waals surface area contributed by atoms with Crippen molar-refractivity contribution in [2.75, 3.05) is 5.32 Å². The number of halogens is 2. The summed E-state index contributed by atoms with van der Waals surface area (Å²) in [6.45, 7) is 6.55. The van der Waals surface area contributed by atoms with Gasteiger partial charge in [-0.2, -0.15) is 0 Å². The number of carbonyl (C=O) groups is 1. The van der Waals surface area contributed by atoms with Crippen LogP contribution in [0.4, 0.5) is 5.13 Å². The largest absolute Gasteiger partial charge is 0.298 e. The molecule has 0 aliphatic carbocycles. The molecule has 0 bridgehead atoms. The van der Waals surface area contributed by atoms with Crippen LogP contribution in [-0.2, 0) is 10.2 Å². The normalized spacial score (nSPS) is 11.8. The molecular formula is C22H20Cl2N2OS. The van der Waals surface area contributed by atoms with E-state index in [9.17, 15) is 4.79 Å². The molecule has 0 saturated carbocycles. The highest BCUT2D eigenvalue weighted by Gasteiger charge is 2.14. The SMILES string of the molecule is CC(C)(C)c1ccc(-c2csc(NC(=O)C=Cc3ccc(Cl)cc3Cl)n2)cc1. The van der Waals surface area contributed by atoms with E-state index < -0.39 is 0 Å². The van der Waals surface area contributed by atoms with Crippen molar-refractivity contribution in [1.29, 1.82) is 0 Å². The van der Waals surface area contributed by atoms with Gasteiger partial charge in [-0.15, -0.1) is 11.3 Å². The summed E-state index contributed by atoms with van der Waals surface area (Å²) in [6.07, 6.45) is 3.07. The minimum atomic E-state index is -0.269. The van der Waals surface area contributed by atoms with Gasteiger partial charge in [-0.25, -0.2) is 4.98 Å². The monoisotopic (exact) mass is 430 g/mol. The molecule has 28 heavy (non-hydrogen) atoms. The Morgan fingerprint density at radius 2 is 1.82 bits per heavy atom. The number of anilines is 1. The van der Waals surface area contributed by atoms with Crippen molar-refractivity contribution >= 4 is 51.7 Å². The Balaban J connectivity index is 1.67. The number of nitrogens with zero attached hydrogens (tertiary/aromatic N) is 1. The van der Waals surface area contributed by atoms with Gasteiger partial charge in [0.2, 0.25) is 5.91 Å². The van der Waals surface area contributed by atoms with Crippen molar-refractivity contribution in [3.8, 4) is 11.3 Å². The van der Waals surface area contributed by atoms with Crippen LogP contribution in [0.1, 0.15) is 31.9 Å². The average Bonchev–Trinajstić information content (AvgIpc) is 3.09. The van der Waals surface area contributed by atoms with E-state index in [0.29, 0.717) is 15.2 Å². The maximum absolute atomic E-state index is 12.2. The number of thiazole rings is 1. The van der Waals surface area contributed by atoms with Gasteiger partial charge in [-0.3, -0.25) is 10.1 Å². The van der Waals surface area contributed by atoms with E-state index in [2.05, 4.69) is 55.3 Å². The Bertz CT molecular complexity index is 1020. The molecule has 144 valence electrons. The first-order valence-electron chi connectivity index (χ1n) is 8.73. The molecule has 1 aromatic heterocycles. The van der Waals surface area contributed by atoms with E-state index in [1.165, 1.54) is 23.0 Å². The summed E-state index contributed by atoms with van der Waals surface area (Å²) in [4.78, 5) is 16.7. The number of benzene rings is 2. The molecule has 1 amide bonds. The number of hydrogen-bond donors (Lipinski definition) is 1. The number of carbonyl (C=O) groups excluding carboxylic acids is 1. The standard InChI is InChI=1S/C22H20Cl2N2OS/c1-22(2,3)16-8-4-15(5-9-16)19-13-28-21(25-19)26-20(27)11-7-14-6-10-17(23)12-18(14)24/h4-13H,1-3H3,(H,25,26,27). The molecule has 3 rings (SSSR count). The lowest BCUT2D eigenvalue weighted by atomic mass is 9.86. The quantitative estimate of drug-likeness (QED) is 0.449. The lowest BCUT2D eigenvalue weighted by Crippen LogP contribution is -2.10. The van der Waals surface area contributed by atoms with Crippen molar-refractivity contribution in [2.24, 2.45) is 0 Å². The second-order valence-electron chi connectivity index (χ2n) is 7.35. The zero-order chi connectivity index (χ0) is 20.3. The van der Waals surface area contributed by atoms with Crippen LogP contribution in [0.2, 0.25) is 10.0 Å². The van der Waals surface area contributed by atoms with Crippen LogP contribution in [-0.4, -0.2) is 10.9 Å². The summed E-state index contributed by atoms with van der Waals surface area (Å²) in [5.41, 5.74) is 3.96. The van der Waals surface area contributed by atoms with Crippen LogP contribution < -0.4 is 5.32 Å². The Morgan fingerprint density at radius 1 is 1.11 bits per heavy atom. The number of nitrogens with one attached hydrogen (secondary N) is 1. The summed E-state index contributed by atoms with van der Waals surface area (Å²) in [7, 11) is 0. The van der Waals surface area contributed by atoms with Crippen LogP contribution in [0.15, 0.2) is 53.9 Å². The summed E-state index contributed by atoms with van der Waals surface area (Å²) < 4.78 is 0. The molecule has 2 aromatic carbocycles. The number of aromatic nitrogens is 1. The van der Waals surface area contributed by atoms with Gasteiger partial charge in [0.15, 0.2) is 5.13 Å².